The summed E-state index contributed by atoms with van der Waals surface area (Å²) in [6.07, 6.45) is 0.465. The molecule has 0 heterocycles. The summed E-state index contributed by atoms with van der Waals surface area (Å²) in [5, 5.41) is 12.5. The maximum atomic E-state index is 12.1. The molecule has 0 radical (unpaired) electrons. The van der Waals surface area contributed by atoms with E-state index in [1.165, 1.54) is 7.11 Å². The quantitative estimate of drug-likeness (QED) is 0.584. The van der Waals surface area contributed by atoms with Crippen molar-refractivity contribution in [1.82, 2.24) is 5.23 Å². The Bertz CT molecular complexity index is 568. The molecule has 0 spiro atoms. The van der Waals surface area contributed by atoms with Gasteiger partial charge in [-0.2, -0.15) is 0 Å². The number of esters is 2. The Kier molecular flexibility index (Phi) is 7.44. The van der Waals surface area contributed by atoms with Gasteiger partial charge in [0.15, 0.2) is 0 Å². The molecule has 1 rings (SSSR count). The minimum absolute atomic E-state index is 0.0810. The molecule has 0 saturated carbocycles. The summed E-state index contributed by atoms with van der Waals surface area (Å²) in [5.41, 5.74) is 0.615. The standard InChI is InChI=1S/C17H26BNO5/c1-17(2,3)24-15(20)11-13(19-18(4)22)10-12-8-6-7-9-14(12)16(21)23-5/h6-9,13,19,22H,10-11H2,1-5H3/t13-/m1/s1. The first-order chi connectivity index (χ1) is 11.1. The minimum atomic E-state index is -0.789. The highest BCUT2D eigenvalue weighted by Gasteiger charge is 2.24. The van der Waals surface area contributed by atoms with Crippen LogP contribution >= 0.6 is 0 Å². The number of benzene rings is 1. The number of rotatable bonds is 7. The highest BCUT2D eigenvalue weighted by Crippen LogP contribution is 2.16. The van der Waals surface area contributed by atoms with Gasteiger partial charge in [-0.1, -0.05) is 18.2 Å². The molecule has 7 heteroatoms. The molecule has 0 aromatic heterocycles. The van der Waals surface area contributed by atoms with Crippen LogP contribution in [-0.2, 0) is 20.7 Å². The molecule has 0 unspecified atom stereocenters. The van der Waals surface area contributed by atoms with Gasteiger partial charge in [0.25, 0.3) is 0 Å². The van der Waals surface area contributed by atoms with Crippen LogP contribution in [0.15, 0.2) is 24.3 Å². The predicted molar refractivity (Wildman–Crippen MR) is 92.7 cm³/mol. The molecule has 0 saturated heterocycles. The number of hydrogen-bond acceptors (Lipinski definition) is 6. The number of ether oxygens (including phenoxy) is 2. The first-order valence-electron chi connectivity index (χ1n) is 7.94. The lowest BCUT2D eigenvalue weighted by molar-refractivity contribution is -0.155. The average molecular weight is 335 g/mol. The normalized spacial score (nSPS) is 12.4. The number of methoxy groups -OCH3 is 1. The Labute approximate surface area is 143 Å². The summed E-state index contributed by atoms with van der Waals surface area (Å²) in [6.45, 7) is 6.98. The summed E-state index contributed by atoms with van der Waals surface area (Å²) in [5.74, 6) is -0.796. The van der Waals surface area contributed by atoms with Crippen molar-refractivity contribution < 1.29 is 24.1 Å². The van der Waals surface area contributed by atoms with E-state index in [1.807, 2.05) is 6.07 Å². The van der Waals surface area contributed by atoms with Crippen molar-refractivity contribution in [3.8, 4) is 0 Å². The molecule has 0 aliphatic heterocycles. The van der Waals surface area contributed by atoms with Gasteiger partial charge >= 0.3 is 19.0 Å². The fraction of sp³-hybridized carbons (Fsp3) is 0.529. The van der Waals surface area contributed by atoms with E-state index in [-0.39, 0.29) is 18.4 Å². The SMILES string of the molecule is COC(=O)c1ccccc1C[C@H](CC(=O)OC(C)(C)C)NB(C)O. The Morgan fingerprint density at radius 2 is 1.92 bits per heavy atom. The molecule has 2 N–H and O–H groups in total. The van der Waals surface area contributed by atoms with E-state index >= 15 is 0 Å². The van der Waals surface area contributed by atoms with Crippen molar-refractivity contribution in [2.24, 2.45) is 0 Å². The molecule has 0 amide bonds. The van der Waals surface area contributed by atoms with E-state index in [1.54, 1.807) is 45.8 Å². The third kappa shape index (κ3) is 7.15. The van der Waals surface area contributed by atoms with Gasteiger partial charge < -0.3 is 19.7 Å². The lowest BCUT2D eigenvalue weighted by atomic mass is 9.85. The van der Waals surface area contributed by atoms with Gasteiger partial charge in [0.05, 0.1) is 19.1 Å². The van der Waals surface area contributed by atoms with E-state index in [2.05, 4.69) is 5.23 Å². The van der Waals surface area contributed by atoms with Gasteiger partial charge in [-0.05, 0) is 45.6 Å². The molecule has 6 nitrogen and oxygen atoms in total. The molecular formula is C17H26BNO5. The van der Waals surface area contributed by atoms with Crippen molar-refractivity contribution in [3.63, 3.8) is 0 Å². The van der Waals surface area contributed by atoms with Crippen LogP contribution in [0.25, 0.3) is 0 Å². The summed E-state index contributed by atoms with van der Waals surface area (Å²) < 4.78 is 10.1. The van der Waals surface area contributed by atoms with E-state index < -0.39 is 18.6 Å². The minimum Gasteiger partial charge on any atom is -0.465 e. The Morgan fingerprint density at radius 3 is 2.46 bits per heavy atom. The zero-order valence-corrected chi connectivity index (χ0v) is 15.0. The van der Waals surface area contributed by atoms with Crippen LogP contribution in [0.2, 0.25) is 6.82 Å². The van der Waals surface area contributed by atoms with Gasteiger partial charge in [0.2, 0.25) is 0 Å². The van der Waals surface area contributed by atoms with Crippen molar-refractivity contribution in [2.75, 3.05) is 7.11 Å². The summed E-state index contributed by atoms with van der Waals surface area (Å²) in [4.78, 5) is 23.9. The zero-order valence-electron chi connectivity index (χ0n) is 15.0. The smallest absolute Gasteiger partial charge is 0.373 e. The van der Waals surface area contributed by atoms with E-state index in [0.29, 0.717) is 12.0 Å². The lowest BCUT2D eigenvalue weighted by Crippen LogP contribution is -2.43. The number of hydrogen-bond donors (Lipinski definition) is 2. The summed E-state index contributed by atoms with van der Waals surface area (Å²) >= 11 is 0. The van der Waals surface area contributed by atoms with E-state index in [4.69, 9.17) is 9.47 Å². The van der Waals surface area contributed by atoms with Crippen molar-refractivity contribution in [1.29, 1.82) is 0 Å². The van der Waals surface area contributed by atoms with Gasteiger partial charge in [-0.3, -0.25) is 4.79 Å². The predicted octanol–water partition coefficient (Wildman–Crippen LogP) is 1.82. The summed E-state index contributed by atoms with van der Waals surface area (Å²) in [7, 11) is 0.536. The van der Waals surface area contributed by atoms with E-state index in [9.17, 15) is 14.6 Å². The van der Waals surface area contributed by atoms with Gasteiger partial charge in [-0.25, -0.2) is 4.79 Å². The first-order valence-corrected chi connectivity index (χ1v) is 7.94. The molecular weight excluding hydrogens is 309 g/mol. The second-order valence-corrected chi connectivity index (χ2v) is 6.68. The fourth-order valence-corrected chi connectivity index (χ4v) is 2.39. The Morgan fingerprint density at radius 1 is 1.29 bits per heavy atom. The molecule has 132 valence electrons. The van der Waals surface area contributed by atoms with E-state index in [0.717, 1.165) is 5.56 Å². The zero-order chi connectivity index (χ0) is 18.3. The van der Waals surface area contributed by atoms with Crippen molar-refractivity contribution in [3.05, 3.63) is 35.4 Å². The number of nitrogens with one attached hydrogen (secondary N) is 1. The topological polar surface area (TPSA) is 84.9 Å². The van der Waals surface area contributed by atoms with Crippen LogP contribution in [0, 0.1) is 0 Å². The maximum Gasteiger partial charge on any atom is 0.373 e. The van der Waals surface area contributed by atoms with Crippen LogP contribution in [0.3, 0.4) is 0 Å². The highest BCUT2D eigenvalue weighted by atomic mass is 16.6. The van der Waals surface area contributed by atoms with Crippen molar-refractivity contribution in [2.45, 2.75) is 52.1 Å². The van der Waals surface area contributed by atoms with Crippen LogP contribution < -0.4 is 5.23 Å². The van der Waals surface area contributed by atoms with Gasteiger partial charge in [0.1, 0.15) is 5.60 Å². The summed E-state index contributed by atoms with van der Waals surface area (Å²) in [6, 6.07) is 6.67. The molecule has 0 aliphatic carbocycles. The third-order valence-corrected chi connectivity index (χ3v) is 3.20. The van der Waals surface area contributed by atoms with Gasteiger partial charge in [-0.15, -0.1) is 0 Å². The second kappa shape index (κ2) is 8.85. The fourth-order valence-electron chi connectivity index (χ4n) is 2.39. The largest absolute Gasteiger partial charge is 0.465 e. The monoisotopic (exact) mass is 335 g/mol. The lowest BCUT2D eigenvalue weighted by Gasteiger charge is -2.24. The Hall–Kier alpha value is -1.86. The number of carbonyl (C=O) groups excluding carboxylic acids is 2. The maximum absolute atomic E-state index is 12.1. The average Bonchev–Trinajstić information content (AvgIpc) is 2.44. The highest BCUT2D eigenvalue weighted by molar-refractivity contribution is 6.45. The molecule has 0 aliphatic rings. The second-order valence-electron chi connectivity index (χ2n) is 6.68. The van der Waals surface area contributed by atoms with Crippen LogP contribution in [-0.4, -0.2) is 42.8 Å². The van der Waals surface area contributed by atoms with Crippen molar-refractivity contribution >= 4 is 19.0 Å². The van der Waals surface area contributed by atoms with Crippen LogP contribution in [0.5, 0.6) is 0 Å². The molecule has 24 heavy (non-hydrogen) atoms. The molecule has 1 aromatic carbocycles. The van der Waals surface area contributed by atoms with Gasteiger partial charge in [0, 0.05) is 6.04 Å². The molecule has 0 bridgehead atoms. The van der Waals surface area contributed by atoms with Crippen LogP contribution in [0.1, 0.15) is 43.1 Å². The van der Waals surface area contributed by atoms with Crippen LogP contribution in [0.4, 0.5) is 0 Å². The molecule has 0 fully saturated rings. The molecule has 1 aromatic rings. The number of carbonyl (C=O) groups is 2. The third-order valence-electron chi connectivity index (χ3n) is 3.20. The molecule has 1 atom stereocenters. The Balaban J connectivity index is 2.91. The first kappa shape index (κ1) is 20.2.